The van der Waals surface area contributed by atoms with Gasteiger partial charge in [0.2, 0.25) is 0 Å². The lowest BCUT2D eigenvalue weighted by molar-refractivity contribution is 1.38. The SMILES string of the molecule is CSc1ccccc1Nc1cc(N)ccc1C. The third kappa shape index (κ3) is 2.74. The van der Waals surface area contributed by atoms with E-state index in [2.05, 4.69) is 30.6 Å². The van der Waals surface area contributed by atoms with Gasteiger partial charge in [-0.3, -0.25) is 0 Å². The van der Waals surface area contributed by atoms with Gasteiger partial charge in [-0.25, -0.2) is 0 Å². The van der Waals surface area contributed by atoms with Gasteiger partial charge in [0.25, 0.3) is 0 Å². The minimum absolute atomic E-state index is 0.778. The summed E-state index contributed by atoms with van der Waals surface area (Å²) in [6.07, 6.45) is 2.08. The standard InChI is InChI=1S/C14H16N2S/c1-10-7-8-11(15)9-13(10)16-12-5-3-4-6-14(12)17-2/h3-9,16H,15H2,1-2H3. The molecule has 17 heavy (non-hydrogen) atoms. The highest BCUT2D eigenvalue weighted by Crippen LogP contribution is 2.29. The first kappa shape index (κ1) is 11.9. The Kier molecular flexibility index (Phi) is 3.59. The third-order valence-electron chi connectivity index (χ3n) is 2.64. The average Bonchev–Trinajstić information content (AvgIpc) is 2.34. The van der Waals surface area contributed by atoms with Crippen molar-refractivity contribution >= 4 is 28.8 Å². The Bertz CT molecular complexity index is 523. The molecule has 0 atom stereocenters. The van der Waals surface area contributed by atoms with Crippen LogP contribution in [0.5, 0.6) is 0 Å². The van der Waals surface area contributed by atoms with Crippen molar-refractivity contribution in [2.75, 3.05) is 17.3 Å². The van der Waals surface area contributed by atoms with Crippen LogP contribution >= 0.6 is 11.8 Å². The van der Waals surface area contributed by atoms with Crippen molar-refractivity contribution < 1.29 is 0 Å². The third-order valence-corrected chi connectivity index (χ3v) is 3.43. The highest BCUT2D eigenvalue weighted by Gasteiger charge is 2.03. The molecular weight excluding hydrogens is 228 g/mol. The van der Waals surface area contributed by atoms with E-state index in [0.29, 0.717) is 0 Å². The van der Waals surface area contributed by atoms with E-state index in [1.165, 1.54) is 10.5 Å². The van der Waals surface area contributed by atoms with E-state index >= 15 is 0 Å². The molecule has 2 aromatic carbocycles. The minimum atomic E-state index is 0.778. The molecule has 3 heteroatoms. The summed E-state index contributed by atoms with van der Waals surface area (Å²) in [4.78, 5) is 1.23. The van der Waals surface area contributed by atoms with Crippen LogP contribution in [0.15, 0.2) is 47.4 Å². The maximum absolute atomic E-state index is 5.81. The Labute approximate surface area is 106 Å². The summed E-state index contributed by atoms with van der Waals surface area (Å²) >= 11 is 1.73. The summed E-state index contributed by atoms with van der Waals surface area (Å²) in [5, 5.41) is 3.43. The molecular formula is C14H16N2S. The molecule has 0 aliphatic rings. The highest BCUT2D eigenvalue weighted by molar-refractivity contribution is 7.98. The summed E-state index contributed by atoms with van der Waals surface area (Å²) < 4.78 is 0. The van der Waals surface area contributed by atoms with Crippen molar-refractivity contribution in [2.24, 2.45) is 0 Å². The van der Waals surface area contributed by atoms with Crippen LogP contribution in [0, 0.1) is 6.92 Å². The maximum Gasteiger partial charge on any atom is 0.0522 e. The predicted octanol–water partition coefficient (Wildman–Crippen LogP) is 4.04. The van der Waals surface area contributed by atoms with E-state index in [4.69, 9.17) is 5.73 Å². The Balaban J connectivity index is 2.34. The molecule has 0 fully saturated rings. The number of rotatable bonds is 3. The minimum Gasteiger partial charge on any atom is -0.399 e. The maximum atomic E-state index is 5.81. The number of nitrogens with one attached hydrogen (secondary N) is 1. The van der Waals surface area contributed by atoms with Crippen molar-refractivity contribution in [3.8, 4) is 0 Å². The fourth-order valence-corrected chi connectivity index (χ4v) is 2.22. The Morgan fingerprint density at radius 2 is 1.82 bits per heavy atom. The van der Waals surface area contributed by atoms with E-state index < -0.39 is 0 Å². The number of thioether (sulfide) groups is 1. The number of nitrogen functional groups attached to an aromatic ring is 1. The summed E-state index contributed by atoms with van der Waals surface area (Å²) in [6.45, 7) is 2.07. The summed E-state index contributed by atoms with van der Waals surface area (Å²) in [5.74, 6) is 0. The summed E-state index contributed by atoms with van der Waals surface area (Å²) in [7, 11) is 0. The van der Waals surface area contributed by atoms with Crippen molar-refractivity contribution in [1.82, 2.24) is 0 Å². The average molecular weight is 244 g/mol. The van der Waals surface area contributed by atoms with Crippen LogP contribution in [0.1, 0.15) is 5.56 Å². The predicted molar refractivity (Wildman–Crippen MR) is 77.1 cm³/mol. The molecule has 0 saturated carbocycles. The second-order valence-electron chi connectivity index (χ2n) is 3.90. The van der Waals surface area contributed by atoms with Gasteiger partial charge in [0.05, 0.1) is 5.69 Å². The Morgan fingerprint density at radius 3 is 2.59 bits per heavy atom. The van der Waals surface area contributed by atoms with E-state index in [-0.39, 0.29) is 0 Å². The molecule has 88 valence electrons. The lowest BCUT2D eigenvalue weighted by Gasteiger charge is -2.13. The molecule has 0 unspecified atom stereocenters. The van der Waals surface area contributed by atoms with Crippen LogP contribution < -0.4 is 11.1 Å². The molecule has 0 aliphatic carbocycles. The van der Waals surface area contributed by atoms with Crippen LogP contribution in [-0.2, 0) is 0 Å². The molecule has 0 radical (unpaired) electrons. The van der Waals surface area contributed by atoms with E-state index in [9.17, 15) is 0 Å². The largest absolute Gasteiger partial charge is 0.399 e. The first-order valence-electron chi connectivity index (χ1n) is 5.47. The molecule has 0 aliphatic heterocycles. The van der Waals surface area contributed by atoms with E-state index in [1.54, 1.807) is 11.8 Å². The van der Waals surface area contributed by atoms with Gasteiger partial charge in [-0.05, 0) is 43.0 Å². The van der Waals surface area contributed by atoms with Gasteiger partial charge in [-0.2, -0.15) is 0 Å². The van der Waals surface area contributed by atoms with Crippen molar-refractivity contribution in [2.45, 2.75) is 11.8 Å². The van der Waals surface area contributed by atoms with E-state index in [1.807, 2.05) is 30.3 Å². The fourth-order valence-electron chi connectivity index (χ4n) is 1.67. The molecule has 0 bridgehead atoms. The number of hydrogen-bond acceptors (Lipinski definition) is 3. The van der Waals surface area contributed by atoms with Crippen LogP contribution in [0.4, 0.5) is 17.1 Å². The molecule has 0 saturated heterocycles. The second kappa shape index (κ2) is 5.15. The zero-order valence-corrected chi connectivity index (χ0v) is 10.8. The van der Waals surface area contributed by atoms with Crippen LogP contribution in [0.25, 0.3) is 0 Å². The number of anilines is 3. The van der Waals surface area contributed by atoms with Gasteiger partial charge in [-0.15, -0.1) is 11.8 Å². The highest BCUT2D eigenvalue weighted by atomic mass is 32.2. The summed E-state index contributed by atoms with van der Waals surface area (Å²) in [6, 6.07) is 14.2. The molecule has 0 heterocycles. The van der Waals surface area contributed by atoms with Gasteiger partial charge in [0.1, 0.15) is 0 Å². The van der Waals surface area contributed by atoms with Gasteiger partial charge >= 0.3 is 0 Å². The van der Waals surface area contributed by atoms with Gasteiger partial charge in [0.15, 0.2) is 0 Å². The first-order valence-corrected chi connectivity index (χ1v) is 6.69. The van der Waals surface area contributed by atoms with Crippen LogP contribution in [0.2, 0.25) is 0 Å². The first-order chi connectivity index (χ1) is 8.20. The zero-order valence-electron chi connectivity index (χ0n) is 10.0. The number of hydrogen-bond donors (Lipinski definition) is 2. The van der Waals surface area contributed by atoms with Crippen LogP contribution in [-0.4, -0.2) is 6.26 Å². The number of aryl methyl sites for hydroxylation is 1. The van der Waals surface area contributed by atoms with Crippen molar-refractivity contribution in [1.29, 1.82) is 0 Å². The topological polar surface area (TPSA) is 38.0 Å². The second-order valence-corrected chi connectivity index (χ2v) is 4.75. The smallest absolute Gasteiger partial charge is 0.0522 e. The number of benzene rings is 2. The monoisotopic (exact) mass is 244 g/mol. The normalized spacial score (nSPS) is 10.2. The molecule has 2 rings (SSSR count). The molecule has 0 aromatic heterocycles. The molecule has 0 amide bonds. The van der Waals surface area contributed by atoms with E-state index in [0.717, 1.165) is 17.1 Å². The number of nitrogens with two attached hydrogens (primary N) is 1. The quantitative estimate of drug-likeness (QED) is 0.632. The van der Waals surface area contributed by atoms with Crippen LogP contribution in [0.3, 0.4) is 0 Å². The molecule has 2 aromatic rings. The molecule has 2 nitrogen and oxygen atoms in total. The Morgan fingerprint density at radius 1 is 1.06 bits per heavy atom. The Hall–Kier alpha value is -1.61. The fraction of sp³-hybridized carbons (Fsp3) is 0.143. The lowest BCUT2D eigenvalue weighted by Crippen LogP contribution is -1.96. The van der Waals surface area contributed by atoms with Crippen molar-refractivity contribution in [3.63, 3.8) is 0 Å². The van der Waals surface area contributed by atoms with Gasteiger partial charge in [0, 0.05) is 16.3 Å². The van der Waals surface area contributed by atoms with Crippen molar-refractivity contribution in [3.05, 3.63) is 48.0 Å². The van der Waals surface area contributed by atoms with Gasteiger partial charge in [-0.1, -0.05) is 18.2 Å². The number of para-hydroxylation sites is 1. The zero-order chi connectivity index (χ0) is 12.3. The summed E-state index contributed by atoms with van der Waals surface area (Å²) in [5.41, 5.74) is 9.95. The molecule has 0 spiro atoms. The molecule has 3 N–H and O–H groups in total. The van der Waals surface area contributed by atoms with Gasteiger partial charge < -0.3 is 11.1 Å². The lowest BCUT2D eigenvalue weighted by atomic mass is 10.1.